The monoisotopic (exact) mass is 260 g/mol. The zero-order valence-electron chi connectivity index (χ0n) is 12.2. The molecule has 0 radical (unpaired) electrons. The van der Waals surface area contributed by atoms with E-state index < -0.39 is 0 Å². The fraction of sp³-hybridized carbons (Fsp3) is 0.667. The average molecular weight is 260 g/mol. The molecule has 1 aromatic heterocycles. The van der Waals surface area contributed by atoms with Crippen molar-refractivity contribution in [2.24, 2.45) is 0 Å². The molecule has 0 aliphatic carbocycles. The quantitative estimate of drug-likeness (QED) is 0.902. The van der Waals surface area contributed by atoms with E-state index in [1.807, 2.05) is 13.0 Å². The molecule has 0 saturated carbocycles. The Morgan fingerprint density at radius 1 is 1.53 bits per heavy atom. The number of rotatable bonds is 4. The second-order valence-electron chi connectivity index (χ2n) is 5.77. The van der Waals surface area contributed by atoms with E-state index in [0.29, 0.717) is 6.04 Å². The van der Waals surface area contributed by atoms with E-state index in [2.05, 4.69) is 34.9 Å². The third-order valence-electron chi connectivity index (χ3n) is 4.08. The van der Waals surface area contributed by atoms with Crippen LogP contribution in [0, 0.1) is 18.3 Å². The van der Waals surface area contributed by atoms with Crippen molar-refractivity contribution in [2.45, 2.75) is 38.8 Å². The van der Waals surface area contributed by atoms with Crippen molar-refractivity contribution < 1.29 is 0 Å². The van der Waals surface area contributed by atoms with Crippen LogP contribution < -0.4 is 0 Å². The third-order valence-corrected chi connectivity index (χ3v) is 4.08. The van der Waals surface area contributed by atoms with E-state index in [-0.39, 0.29) is 0 Å². The summed E-state index contributed by atoms with van der Waals surface area (Å²) in [5, 5.41) is 8.97. The number of aryl methyl sites for hydroxylation is 1. The summed E-state index contributed by atoms with van der Waals surface area (Å²) in [4.78, 5) is 8.12. The molecular formula is C15H24N4. The van der Waals surface area contributed by atoms with Crippen LogP contribution in [-0.2, 0) is 6.54 Å². The molecule has 2 heterocycles. The molecule has 1 aliphatic heterocycles. The first-order chi connectivity index (χ1) is 9.10. The van der Waals surface area contributed by atoms with Gasteiger partial charge in [0.15, 0.2) is 0 Å². The molecule has 1 N–H and O–H groups in total. The van der Waals surface area contributed by atoms with Gasteiger partial charge in [0.2, 0.25) is 0 Å². The molecule has 0 aromatic carbocycles. The van der Waals surface area contributed by atoms with E-state index >= 15 is 0 Å². The van der Waals surface area contributed by atoms with Gasteiger partial charge in [-0.25, -0.2) is 0 Å². The Balaban J connectivity index is 1.89. The highest BCUT2D eigenvalue weighted by Gasteiger charge is 2.20. The Bertz CT molecular complexity index is 457. The van der Waals surface area contributed by atoms with Crippen molar-refractivity contribution in [3.63, 3.8) is 0 Å². The normalized spacial score (nSPS) is 20.7. The number of piperidine rings is 1. The third kappa shape index (κ3) is 3.59. The molecule has 0 bridgehead atoms. The summed E-state index contributed by atoms with van der Waals surface area (Å²) in [5.74, 6) is 0. The Morgan fingerprint density at radius 2 is 2.32 bits per heavy atom. The van der Waals surface area contributed by atoms with Crippen LogP contribution >= 0.6 is 0 Å². The van der Waals surface area contributed by atoms with Crippen molar-refractivity contribution >= 4 is 0 Å². The Labute approximate surface area is 116 Å². The van der Waals surface area contributed by atoms with Crippen molar-refractivity contribution in [1.82, 2.24) is 14.8 Å². The number of likely N-dealkylation sites (N-methyl/N-ethyl adjacent to an activating group) is 2. The lowest BCUT2D eigenvalue weighted by molar-refractivity contribution is 0.138. The molecule has 1 fully saturated rings. The van der Waals surface area contributed by atoms with Crippen molar-refractivity contribution in [2.75, 3.05) is 27.2 Å². The number of aromatic nitrogens is 1. The standard InChI is InChI=1S/C15H24N4/c1-12-13(9-16)8-14(17-12)10-18(2)11-15-6-4-5-7-19(15)3/h8,15,17H,4-7,10-11H2,1-3H3. The molecule has 0 amide bonds. The lowest BCUT2D eigenvalue weighted by Gasteiger charge is -2.35. The fourth-order valence-corrected chi connectivity index (χ4v) is 2.92. The van der Waals surface area contributed by atoms with Crippen LogP contribution in [0.1, 0.15) is 36.2 Å². The molecule has 1 saturated heterocycles. The maximum Gasteiger partial charge on any atom is 0.101 e. The number of nitrogens with zero attached hydrogens (tertiary/aromatic N) is 3. The van der Waals surface area contributed by atoms with Crippen LogP contribution in [0.2, 0.25) is 0 Å². The first-order valence-electron chi connectivity index (χ1n) is 7.07. The average Bonchev–Trinajstić information content (AvgIpc) is 2.72. The fourth-order valence-electron chi connectivity index (χ4n) is 2.92. The summed E-state index contributed by atoms with van der Waals surface area (Å²) in [6, 6.07) is 4.86. The number of likely N-dealkylation sites (tertiary alicyclic amines) is 1. The Kier molecular flexibility index (Phi) is 4.62. The van der Waals surface area contributed by atoms with Gasteiger partial charge in [-0.3, -0.25) is 4.90 Å². The topological polar surface area (TPSA) is 46.1 Å². The van der Waals surface area contributed by atoms with Gasteiger partial charge in [0.05, 0.1) is 5.56 Å². The van der Waals surface area contributed by atoms with Gasteiger partial charge >= 0.3 is 0 Å². The van der Waals surface area contributed by atoms with Crippen molar-refractivity contribution in [3.05, 3.63) is 23.0 Å². The number of nitrogens with one attached hydrogen (secondary N) is 1. The minimum Gasteiger partial charge on any atom is -0.360 e. The lowest BCUT2D eigenvalue weighted by atomic mass is 10.0. The van der Waals surface area contributed by atoms with Gasteiger partial charge in [-0.05, 0) is 46.5 Å². The molecule has 1 unspecified atom stereocenters. The molecule has 0 spiro atoms. The van der Waals surface area contributed by atoms with Gasteiger partial charge in [-0.2, -0.15) is 5.26 Å². The predicted octanol–water partition coefficient (Wildman–Crippen LogP) is 2.11. The largest absolute Gasteiger partial charge is 0.360 e. The first kappa shape index (κ1) is 14.1. The Morgan fingerprint density at radius 3 is 2.95 bits per heavy atom. The molecule has 1 aliphatic rings. The summed E-state index contributed by atoms with van der Waals surface area (Å²) < 4.78 is 0. The van der Waals surface area contributed by atoms with Crippen LogP contribution in [0.3, 0.4) is 0 Å². The minimum atomic E-state index is 0.672. The number of nitriles is 1. The maximum atomic E-state index is 8.97. The van der Waals surface area contributed by atoms with Crippen LogP contribution in [0.25, 0.3) is 0 Å². The van der Waals surface area contributed by atoms with E-state index in [0.717, 1.165) is 30.0 Å². The lowest BCUT2D eigenvalue weighted by Crippen LogP contribution is -2.43. The van der Waals surface area contributed by atoms with Gasteiger partial charge < -0.3 is 9.88 Å². The van der Waals surface area contributed by atoms with Crippen molar-refractivity contribution in [3.8, 4) is 6.07 Å². The van der Waals surface area contributed by atoms with Crippen LogP contribution in [0.15, 0.2) is 6.07 Å². The smallest absolute Gasteiger partial charge is 0.101 e. The molecular weight excluding hydrogens is 236 g/mol. The SMILES string of the molecule is Cc1[nH]c(CN(C)CC2CCCCN2C)cc1C#N. The Hall–Kier alpha value is -1.31. The second kappa shape index (κ2) is 6.23. The van der Waals surface area contributed by atoms with Gasteiger partial charge in [-0.15, -0.1) is 0 Å². The summed E-state index contributed by atoms with van der Waals surface area (Å²) in [7, 11) is 4.38. The van der Waals surface area contributed by atoms with Gasteiger partial charge in [-0.1, -0.05) is 6.42 Å². The second-order valence-corrected chi connectivity index (χ2v) is 5.77. The molecule has 4 heteroatoms. The molecule has 1 atom stereocenters. The molecule has 2 rings (SSSR count). The van der Waals surface area contributed by atoms with Crippen LogP contribution in [-0.4, -0.2) is 48.0 Å². The summed E-state index contributed by atoms with van der Waals surface area (Å²) in [6.07, 6.45) is 3.98. The van der Waals surface area contributed by atoms with Gasteiger partial charge in [0.1, 0.15) is 6.07 Å². The molecule has 1 aromatic rings. The zero-order chi connectivity index (χ0) is 13.8. The molecule has 19 heavy (non-hydrogen) atoms. The van der Waals surface area contributed by atoms with E-state index in [9.17, 15) is 0 Å². The number of aromatic amines is 1. The predicted molar refractivity (Wildman–Crippen MR) is 76.8 cm³/mol. The van der Waals surface area contributed by atoms with E-state index in [1.165, 1.54) is 25.8 Å². The van der Waals surface area contributed by atoms with Crippen LogP contribution in [0.5, 0.6) is 0 Å². The zero-order valence-corrected chi connectivity index (χ0v) is 12.2. The highest BCUT2D eigenvalue weighted by atomic mass is 15.2. The van der Waals surface area contributed by atoms with Crippen molar-refractivity contribution in [1.29, 1.82) is 5.26 Å². The molecule has 104 valence electrons. The first-order valence-corrected chi connectivity index (χ1v) is 7.07. The summed E-state index contributed by atoms with van der Waals surface area (Å²) in [5.41, 5.74) is 2.87. The van der Waals surface area contributed by atoms with Gasteiger partial charge in [0, 0.05) is 30.5 Å². The summed E-state index contributed by atoms with van der Waals surface area (Å²) >= 11 is 0. The number of H-pyrrole nitrogens is 1. The van der Waals surface area contributed by atoms with Crippen LogP contribution in [0.4, 0.5) is 0 Å². The number of hydrogen-bond acceptors (Lipinski definition) is 3. The summed E-state index contributed by atoms with van der Waals surface area (Å²) in [6.45, 7) is 5.15. The minimum absolute atomic E-state index is 0.672. The highest BCUT2D eigenvalue weighted by molar-refractivity contribution is 5.35. The van der Waals surface area contributed by atoms with E-state index in [4.69, 9.17) is 5.26 Å². The van der Waals surface area contributed by atoms with E-state index in [1.54, 1.807) is 0 Å². The van der Waals surface area contributed by atoms with Gasteiger partial charge in [0.25, 0.3) is 0 Å². The highest BCUT2D eigenvalue weighted by Crippen LogP contribution is 2.17. The number of hydrogen-bond donors (Lipinski definition) is 1. The molecule has 4 nitrogen and oxygen atoms in total. The maximum absolute atomic E-state index is 8.97.